The average Bonchev–Trinajstić information content (AvgIpc) is 2.52. The maximum atomic E-state index is 12.4. The van der Waals surface area contributed by atoms with Gasteiger partial charge in [0.05, 0.1) is 11.8 Å². The van der Waals surface area contributed by atoms with Crippen LogP contribution in [0.25, 0.3) is 0 Å². The molecular formula is C15H28N2O2. The van der Waals surface area contributed by atoms with Gasteiger partial charge in [-0.15, -0.1) is 0 Å². The van der Waals surface area contributed by atoms with Gasteiger partial charge in [-0.05, 0) is 38.9 Å². The molecule has 1 rings (SSSR count). The molecule has 0 N–H and O–H groups in total. The summed E-state index contributed by atoms with van der Waals surface area (Å²) in [6.07, 6.45) is 0.847. The lowest BCUT2D eigenvalue weighted by molar-refractivity contribution is -0.140. The highest BCUT2D eigenvalue weighted by Gasteiger charge is 2.49. The van der Waals surface area contributed by atoms with Crippen LogP contribution in [0.15, 0.2) is 0 Å². The molecule has 0 radical (unpaired) electrons. The Bertz CT molecular complexity index is 311. The molecule has 2 unspecified atom stereocenters. The van der Waals surface area contributed by atoms with Crippen LogP contribution in [0.2, 0.25) is 0 Å². The Balaban J connectivity index is 2.78. The molecule has 2 amide bonds. The van der Waals surface area contributed by atoms with Gasteiger partial charge in [0.15, 0.2) is 0 Å². The molecule has 0 aromatic rings. The largest absolute Gasteiger partial charge is 0.309 e. The van der Waals surface area contributed by atoms with E-state index >= 15 is 0 Å². The van der Waals surface area contributed by atoms with E-state index in [4.69, 9.17) is 0 Å². The number of imide groups is 1. The van der Waals surface area contributed by atoms with Gasteiger partial charge >= 0.3 is 0 Å². The van der Waals surface area contributed by atoms with Crippen molar-refractivity contribution in [1.82, 2.24) is 9.80 Å². The molecule has 0 aliphatic carbocycles. The van der Waals surface area contributed by atoms with Crippen molar-refractivity contribution in [2.45, 2.75) is 34.1 Å². The van der Waals surface area contributed by atoms with Crippen LogP contribution in [0.4, 0.5) is 0 Å². The lowest BCUT2D eigenvalue weighted by Gasteiger charge is -2.21. The van der Waals surface area contributed by atoms with E-state index in [2.05, 4.69) is 4.90 Å². The van der Waals surface area contributed by atoms with Crippen molar-refractivity contribution in [2.24, 2.45) is 23.7 Å². The van der Waals surface area contributed by atoms with Crippen molar-refractivity contribution in [3.8, 4) is 0 Å². The topological polar surface area (TPSA) is 40.6 Å². The normalized spacial score (nSPS) is 24.4. The molecule has 4 heteroatoms. The molecule has 0 spiro atoms. The molecule has 19 heavy (non-hydrogen) atoms. The van der Waals surface area contributed by atoms with Crippen molar-refractivity contribution in [2.75, 3.05) is 27.2 Å². The van der Waals surface area contributed by atoms with Gasteiger partial charge in [0, 0.05) is 6.54 Å². The van der Waals surface area contributed by atoms with Gasteiger partial charge < -0.3 is 4.90 Å². The van der Waals surface area contributed by atoms with E-state index < -0.39 is 0 Å². The van der Waals surface area contributed by atoms with Gasteiger partial charge in [-0.25, -0.2) is 0 Å². The second-order valence-corrected chi connectivity index (χ2v) is 6.52. The minimum atomic E-state index is -0.133. The van der Waals surface area contributed by atoms with E-state index in [1.54, 1.807) is 0 Å². The molecule has 110 valence electrons. The number of rotatable bonds is 6. The summed E-state index contributed by atoms with van der Waals surface area (Å²) >= 11 is 0. The Kier molecular flexibility index (Phi) is 5.53. The van der Waals surface area contributed by atoms with Gasteiger partial charge in [-0.1, -0.05) is 27.7 Å². The summed E-state index contributed by atoms with van der Waals surface area (Å²) in [5, 5.41) is 0. The average molecular weight is 268 g/mol. The monoisotopic (exact) mass is 268 g/mol. The second kappa shape index (κ2) is 6.51. The summed E-state index contributed by atoms with van der Waals surface area (Å²) < 4.78 is 0. The smallest absolute Gasteiger partial charge is 0.233 e. The van der Waals surface area contributed by atoms with Gasteiger partial charge in [-0.2, -0.15) is 0 Å². The quantitative estimate of drug-likeness (QED) is 0.690. The fourth-order valence-electron chi connectivity index (χ4n) is 2.94. The lowest BCUT2D eigenvalue weighted by atomic mass is 9.79. The second-order valence-electron chi connectivity index (χ2n) is 6.52. The molecule has 4 nitrogen and oxygen atoms in total. The predicted octanol–water partition coefficient (Wildman–Crippen LogP) is 1.85. The van der Waals surface area contributed by atoms with Crippen LogP contribution in [0.5, 0.6) is 0 Å². The Hall–Kier alpha value is -0.900. The van der Waals surface area contributed by atoms with E-state index in [1.165, 1.54) is 4.90 Å². The fraction of sp³-hybridized carbons (Fsp3) is 0.867. The summed E-state index contributed by atoms with van der Waals surface area (Å²) in [7, 11) is 4.00. The predicted molar refractivity (Wildman–Crippen MR) is 76.5 cm³/mol. The minimum absolute atomic E-state index is 0.0393. The van der Waals surface area contributed by atoms with Crippen LogP contribution in [0.1, 0.15) is 34.1 Å². The van der Waals surface area contributed by atoms with Gasteiger partial charge in [0.1, 0.15) is 0 Å². The van der Waals surface area contributed by atoms with Crippen LogP contribution in [0, 0.1) is 23.7 Å². The first kappa shape index (κ1) is 16.2. The number of likely N-dealkylation sites (tertiary alicyclic amines) is 1. The highest BCUT2D eigenvalue weighted by molar-refractivity contribution is 6.05. The third-order valence-electron chi connectivity index (χ3n) is 3.91. The third-order valence-corrected chi connectivity index (χ3v) is 3.91. The van der Waals surface area contributed by atoms with Crippen molar-refractivity contribution in [3.05, 3.63) is 0 Å². The Morgan fingerprint density at radius 1 is 1.00 bits per heavy atom. The molecule has 1 aliphatic heterocycles. The molecule has 1 saturated heterocycles. The van der Waals surface area contributed by atoms with E-state index in [9.17, 15) is 9.59 Å². The number of hydrogen-bond donors (Lipinski definition) is 0. The summed E-state index contributed by atoms with van der Waals surface area (Å²) in [5.74, 6) is 0.263. The first-order chi connectivity index (χ1) is 8.77. The summed E-state index contributed by atoms with van der Waals surface area (Å²) in [5.41, 5.74) is 0. The molecule has 2 atom stereocenters. The number of carbonyl (C=O) groups is 2. The van der Waals surface area contributed by atoms with Gasteiger partial charge in [-0.3, -0.25) is 14.5 Å². The third kappa shape index (κ3) is 3.56. The standard InChI is InChI=1S/C15H28N2O2/c1-10(2)12-13(11(3)4)15(19)17(14(12)18)9-7-8-16(5)6/h10-13H,7-9H2,1-6H3. The van der Waals surface area contributed by atoms with Crippen LogP contribution < -0.4 is 0 Å². The first-order valence-corrected chi connectivity index (χ1v) is 7.27. The maximum absolute atomic E-state index is 12.4. The molecule has 0 aromatic carbocycles. The maximum Gasteiger partial charge on any atom is 0.233 e. The highest BCUT2D eigenvalue weighted by atomic mass is 16.2. The van der Waals surface area contributed by atoms with E-state index in [0.717, 1.165) is 13.0 Å². The number of amides is 2. The Morgan fingerprint density at radius 2 is 1.42 bits per heavy atom. The molecule has 0 saturated carbocycles. The SMILES string of the molecule is CC(C)C1C(=O)N(CCCN(C)C)C(=O)C1C(C)C. The first-order valence-electron chi connectivity index (χ1n) is 7.27. The van der Waals surface area contributed by atoms with E-state index in [-0.39, 0.29) is 35.5 Å². The van der Waals surface area contributed by atoms with Crippen molar-refractivity contribution >= 4 is 11.8 Å². The van der Waals surface area contributed by atoms with E-state index in [0.29, 0.717) is 6.54 Å². The van der Waals surface area contributed by atoms with Crippen LogP contribution in [-0.4, -0.2) is 48.8 Å². The summed E-state index contributed by atoms with van der Waals surface area (Å²) in [6, 6.07) is 0. The van der Waals surface area contributed by atoms with Crippen LogP contribution >= 0.6 is 0 Å². The lowest BCUT2D eigenvalue weighted by Crippen LogP contribution is -2.34. The zero-order chi connectivity index (χ0) is 14.7. The van der Waals surface area contributed by atoms with Crippen molar-refractivity contribution < 1.29 is 9.59 Å². The molecule has 0 bridgehead atoms. The molecular weight excluding hydrogens is 240 g/mol. The van der Waals surface area contributed by atoms with Crippen LogP contribution in [0.3, 0.4) is 0 Å². The fourth-order valence-corrected chi connectivity index (χ4v) is 2.94. The van der Waals surface area contributed by atoms with Crippen LogP contribution in [-0.2, 0) is 9.59 Å². The number of hydrogen-bond acceptors (Lipinski definition) is 3. The zero-order valence-corrected chi connectivity index (χ0v) is 13.1. The van der Waals surface area contributed by atoms with Crippen molar-refractivity contribution in [3.63, 3.8) is 0 Å². The van der Waals surface area contributed by atoms with Crippen molar-refractivity contribution in [1.29, 1.82) is 0 Å². The van der Waals surface area contributed by atoms with E-state index in [1.807, 2.05) is 41.8 Å². The number of nitrogens with zero attached hydrogens (tertiary/aromatic N) is 2. The Morgan fingerprint density at radius 3 is 1.74 bits per heavy atom. The molecule has 1 heterocycles. The minimum Gasteiger partial charge on any atom is -0.309 e. The Labute approximate surface area is 117 Å². The number of carbonyl (C=O) groups excluding carboxylic acids is 2. The van der Waals surface area contributed by atoms with Gasteiger partial charge in [0.25, 0.3) is 0 Å². The summed E-state index contributed by atoms with van der Waals surface area (Å²) in [6.45, 7) is 9.60. The highest BCUT2D eigenvalue weighted by Crippen LogP contribution is 2.36. The molecule has 1 aliphatic rings. The molecule has 0 aromatic heterocycles. The summed E-state index contributed by atoms with van der Waals surface area (Å²) in [4.78, 5) is 28.5. The van der Waals surface area contributed by atoms with Gasteiger partial charge in [0.2, 0.25) is 11.8 Å². The zero-order valence-electron chi connectivity index (χ0n) is 13.1. The molecule has 1 fully saturated rings.